The van der Waals surface area contributed by atoms with E-state index in [9.17, 15) is 18.0 Å². The van der Waals surface area contributed by atoms with Gasteiger partial charge in [0.1, 0.15) is 6.61 Å². The van der Waals surface area contributed by atoms with Gasteiger partial charge in [-0.25, -0.2) is 13.2 Å². The smallest absolute Gasteiger partial charge is 0.411 e. The standard InChI is InChI=1S/C24H31N3O6S/c1-17-10-11-21(34(30,31)27-12-5-4-7-18(27)2)16-22(17)23(28)25-19-8-6-9-20(15-19)26-24(29)33-14-13-32-3/h6,8-11,15-16,18H,4-5,7,12-14H2,1-3H3,(H,25,28)(H,26,29). The molecule has 34 heavy (non-hydrogen) atoms. The van der Waals surface area contributed by atoms with E-state index < -0.39 is 22.0 Å². The molecule has 9 nitrogen and oxygen atoms in total. The van der Waals surface area contributed by atoms with E-state index >= 15 is 0 Å². The Balaban J connectivity index is 1.75. The Morgan fingerprint density at radius 1 is 1.06 bits per heavy atom. The molecule has 0 aliphatic carbocycles. The molecule has 0 aromatic heterocycles. The number of rotatable bonds is 8. The van der Waals surface area contributed by atoms with Gasteiger partial charge in [-0.3, -0.25) is 10.1 Å². The molecule has 2 aromatic carbocycles. The number of anilines is 2. The van der Waals surface area contributed by atoms with Gasteiger partial charge in [0.2, 0.25) is 10.0 Å². The fourth-order valence-electron chi connectivity index (χ4n) is 3.82. The van der Waals surface area contributed by atoms with Gasteiger partial charge < -0.3 is 14.8 Å². The maximum absolute atomic E-state index is 13.2. The summed E-state index contributed by atoms with van der Waals surface area (Å²) in [6.07, 6.45) is 2.02. The Morgan fingerprint density at radius 3 is 2.50 bits per heavy atom. The average molecular weight is 490 g/mol. The molecule has 0 saturated carbocycles. The van der Waals surface area contributed by atoms with Gasteiger partial charge in [0.25, 0.3) is 5.91 Å². The number of nitrogens with zero attached hydrogens (tertiary/aromatic N) is 1. The SMILES string of the molecule is COCCOC(=O)Nc1cccc(NC(=O)c2cc(S(=O)(=O)N3CCCCC3C)ccc2C)c1. The molecule has 1 saturated heterocycles. The summed E-state index contributed by atoms with van der Waals surface area (Å²) in [6.45, 7) is 4.55. The highest BCUT2D eigenvalue weighted by molar-refractivity contribution is 7.89. The fraction of sp³-hybridized carbons (Fsp3) is 0.417. The van der Waals surface area contributed by atoms with Crippen molar-refractivity contribution in [1.29, 1.82) is 0 Å². The lowest BCUT2D eigenvalue weighted by molar-refractivity contribution is 0.102. The second-order valence-electron chi connectivity index (χ2n) is 8.23. The predicted octanol–water partition coefficient (Wildman–Crippen LogP) is 4.01. The van der Waals surface area contributed by atoms with Crippen LogP contribution in [0.15, 0.2) is 47.4 Å². The van der Waals surface area contributed by atoms with Crippen LogP contribution in [0.1, 0.15) is 42.1 Å². The molecule has 1 unspecified atom stereocenters. The van der Waals surface area contributed by atoms with E-state index in [1.165, 1.54) is 17.5 Å². The van der Waals surface area contributed by atoms with Gasteiger partial charge in [0.15, 0.2) is 0 Å². The van der Waals surface area contributed by atoms with Crippen LogP contribution in [0.25, 0.3) is 0 Å². The van der Waals surface area contributed by atoms with Crippen LogP contribution in [0.2, 0.25) is 0 Å². The Morgan fingerprint density at radius 2 is 1.79 bits per heavy atom. The third kappa shape index (κ3) is 6.34. The Labute approximate surface area is 200 Å². The van der Waals surface area contributed by atoms with Gasteiger partial charge in [-0.15, -0.1) is 0 Å². The molecule has 0 spiro atoms. The largest absolute Gasteiger partial charge is 0.447 e. The Bertz CT molecular complexity index is 1140. The summed E-state index contributed by atoms with van der Waals surface area (Å²) in [5.74, 6) is -0.443. The molecule has 0 bridgehead atoms. The highest BCUT2D eigenvalue weighted by atomic mass is 32.2. The van der Waals surface area contributed by atoms with Crippen molar-refractivity contribution in [2.24, 2.45) is 0 Å². The molecular weight excluding hydrogens is 458 g/mol. The van der Waals surface area contributed by atoms with Crippen LogP contribution in [0.4, 0.5) is 16.2 Å². The van der Waals surface area contributed by atoms with Crippen molar-refractivity contribution >= 4 is 33.4 Å². The monoisotopic (exact) mass is 489 g/mol. The number of piperidine rings is 1. The predicted molar refractivity (Wildman–Crippen MR) is 130 cm³/mol. The lowest BCUT2D eigenvalue weighted by atomic mass is 10.1. The summed E-state index contributed by atoms with van der Waals surface area (Å²) in [7, 11) is -2.20. The van der Waals surface area contributed by atoms with Gasteiger partial charge in [-0.05, 0) is 62.6 Å². The van der Waals surface area contributed by atoms with Gasteiger partial charge in [0, 0.05) is 36.6 Å². The minimum atomic E-state index is -3.70. The second kappa shape index (κ2) is 11.5. The summed E-state index contributed by atoms with van der Waals surface area (Å²) < 4.78 is 37.8. The number of hydrogen-bond acceptors (Lipinski definition) is 6. The molecule has 1 heterocycles. The van der Waals surface area contributed by atoms with Crippen molar-refractivity contribution in [1.82, 2.24) is 4.31 Å². The summed E-state index contributed by atoms with van der Waals surface area (Å²) in [4.78, 5) is 25.0. The number of amides is 2. The van der Waals surface area contributed by atoms with Gasteiger partial charge in [-0.2, -0.15) is 4.31 Å². The quantitative estimate of drug-likeness (QED) is 0.542. The summed E-state index contributed by atoms with van der Waals surface area (Å²) in [5, 5.41) is 5.35. The number of benzene rings is 2. The maximum Gasteiger partial charge on any atom is 0.411 e. The van der Waals surface area contributed by atoms with E-state index in [0.717, 1.165) is 19.3 Å². The van der Waals surface area contributed by atoms with Crippen LogP contribution in [-0.4, -0.2) is 57.6 Å². The highest BCUT2D eigenvalue weighted by Gasteiger charge is 2.31. The van der Waals surface area contributed by atoms with Crippen LogP contribution in [-0.2, 0) is 19.5 Å². The van der Waals surface area contributed by atoms with E-state index in [4.69, 9.17) is 9.47 Å². The Kier molecular flexibility index (Phi) is 8.65. The molecule has 1 fully saturated rings. The zero-order valence-corrected chi connectivity index (χ0v) is 20.5. The molecule has 0 radical (unpaired) electrons. The fourth-order valence-corrected chi connectivity index (χ4v) is 5.54. The third-order valence-corrected chi connectivity index (χ3v) is 7.70. The number of aryl methyl sites for hydroxylation is 1. The lowest BCUT2D eigenvalue weighted by Gasteiger charge is -2.32. The molecule has 184 valence electrons. The van der Waals surface area contributed by atoms with Crippen LogP contribution in [0.5, 0.6) is 0 Å². The first kappa shape index (κ1) is 25.7. The normalized spacial score (nSPS) is 16.6. The van der Waals surface area contributed by atoms with E-state index in [2.05, 4.69) is 10.6 Å². The van der Waals surface area contributed by atoms with Crippen molar-refractivity contribution in [3.05, 3.63) is 53.6 Å². The Hall–Kier alpha value is -2.95. The van der Waals surface area contributed by atoms with Crippen LogP contribution < -0.4 is 10.6 Å². The minimum absolute atomic E-state index is 0.0752. The van der Waals surface area contributed by atoms with Crippen LogP contribution in [0.3, 0.4) is 0 Å². The summed E-state index contributed by atoms with van der Waals surface area (Å²) in [5.41, 5.74) is 1.80. The van der Waals surface area contributed by atoms with Crippen molar-refractivity contribution in [3.8, 4) is 0 Å². The summed E-state index contributed by atoms with van der Waals surface area (Å²) in [6, 6.07) is 11.1. The second-order valence-corrected chi connectivity index (χ2v) is 10.1. The molecule has 2 aromatic rings. The average Bonchev–Trinajstić information content (AvgIpc) is 2.79. The number of sulfonamides is 1. The van der Waals surface area contributed by atoms with E-state index in [1.807, 2.05) is 6.92 Å². The van der Waals surface area contributed by atoms with Crippen molar-refractivity contribution in [2.45, 2.75) is 44.0 Å². The zero-order valence-electron chi connectivity index (χ0n) is 19.7. The first-order chi connectivity index (χ1) is 16.2. The van der Waals surface area contributed by atoms with Crippen molar-refractivity contribution in [2.75, 3.05) is 37.5 Å². The summed E-state index contributed by atoms with van der Waals surface area (Å²) >= 11 is 0. The minimum Gasteiger partial charge on any atom is -0.447 e. The van der Waals surface area contributed by atoms with Crippen molar-refractivity contribution < 1.29 is 27.5 Å². The number of carbonyl (C=O) groups is 2. The number of carbonyl (C=O) groups excluding carboxylic acids is 2. The molecule has 1 aliphatic rings. The molecule has 10 heteroatoms. The van der Waals surface area contributed by atoms with Crippen LogP contribution >= 0.6 is 0 Å². The first-order valence-electron chi connectivity index (χ1n) is 11.2. The maximum atomic E-state index is 13.2. The lowest BCUT2D eigenvalue weighted by Crippen LogP contribution is -2.42. The van der Waals surface area contributed by atoms with E-state index in [0.29, 0.717) is 23.5 Å². The number of nitrogens with one attached hydrogen (secondary N) is 2. The third-order valence-electron chi connectivity index (χ3n) is 5.69. The first-order valence-corrected chi connectivity index (χ1v) is 12.6. The number of hydrogen-bond donors (Lipinski definition) is 2. The van der Waals surface area contributed by atoms with Crippen LogP contribution in [0, 0.1) is 6.92 Å². The topological polar surface area (TPSA) is 114 Å². The molecule has 2 N–H and O–H groups in total. The van der Waals surface area contributed by atoms with Gasteiger partial charge >= 0.3 is 6.09 Å². The highest BCUT2D eigenvalue weighted by Crippen LogP contribution is 2.27. The molecule has 3 rings (SSSR count). The van der Waals surface area contributed by atoms with E-state index in [1.54, 1.807) is 43.3 Å². The number of methoxy groups -OCH3 is 1. The molecular formula is C24H31N3O6S. The number of ether oxygens (including phenoxy) is 2. The van der Waals surface area contributed by atoms with Crippen molar-refractivity contribution in [3.63, 3.8) is 0 Å². The van der Waals surface area contributed by atoms with E-state index in [-0.39, 0.29) is 29.7 Å². The molecule has 2 amide bonds. The molecule has 1 aliphatic heterocycles. The van der Waals surface area contributed by atoms with Gasteiger partial charge in [0.05, 0.1) is 11.5 Å². The molecule has 1 atom stereocenters. The zero-order chi connectivity index (χ0) is 24.7. The van der Waals surface area contributed by atoms with Gasteiger partial charge in [-0.1, -0.05) is 18.6 Å².